The lowest BCUT2D eigenvalue weighted by molar-refractivity contribution is -0.128. The Hall–Kier alpha value is -0.240. The maximum absolute atomic E-state index is 11.7. The van der Waals surface area contributed by atoms with Crippen LogP contribution in [0.1, 0.15) is 52.4 Å². The molecule has 2 nitrogen and oxygen atoms in total. The fraction of sp³-hybridized carbons (Fsp3) is 0.923. The van der Waals surface area contributed by atoms with Crippen molar-refractivity contribution in [3.63, 3.8) is 0 Å². The fourth-order valence-electron chi connectivity index (χ4n) is 2.17. The molecular weight excluding hydrogens is 222 g/mol. The molecule has 1 aliphatic carbocycles. The minimum Gasteiger partial charge on any atom is -0.356 e. The van der Waals surface area contributed by atoms with Gasteiger partial charge in [0.05, 0.1) is 5.41 Å². The highest BCUT2D eigenvalue weighted by Crippen LogP contribution is 2.26. The molecule has 0 heterocycles. The van der Waals surface area contributed by atoms with Gasteiger partial charge in [-0.15, -0.1) is 11.6 Å². The van der Waals surface area contributed by atoms with E-state index < -0.39 is 5.41 Å². The first-order valence-corrected chi connectivity index (χ1v) is 6.94. The zero-order valence-corrected chi connectivity index (χ0v) is 11.3. The molecule has 1 fully saturated rings. The predicted octanol–water partition coefficient (Wildman–Crippen LogP) is 3.34. The summed E-state index contributed by atoms with van der Waals surface area (Å²) in [5.41, 5.74) is -0.436. The van der Waals surface area contributed by atoms with E-state index in [-0.39, 0.29) is 5.91 Å². The van der Waals surface area contributed by atoms with Gasteiger partial charge in [-0.2, -0.15) is 0 Å². The van der Waals surface area contributed by atoms with Gasteiger partial charge in [-0.1, -0.05) is 32.1 Å². The maximum atomic E-state index is 11.7. The molecule has 0 spiro atoms. The maximum Gasteiger partial charge on any atom is 0.226 e. The molecule has 3 heteroatoms. The van der Waals surface area contributed by atoms with Crippen LogP contribution in [0.15, 0.2) is 0 Å². The molecular formula is C13H24ClNO. The molecule has 0 atom stereocenters. The molecule has 1 rings (SSSR count). The first-order valence-electron chi connectivity index (χ1n) is 6.40. The van der Waals surface area contributed by atoms with Crippen LogP contribution in [-0.2, 0) is 4.79 Å². The lowest BCUT2D eigenvalue weighted by Gasteiger charge is -2.24. The summed E-state index contributed by atoms with van der Waals surface area (Å²) >= 11 is 5.75. The monoisotopic (exact) mass is 245 g/mol. The van der Waals surface area contributed by atoms with Gasteiger partial charge in [0.15, 0.2) is 0 Å². The van der Waals surface area contributed by atoms with Crippen molar-refractivity contribution in [1.82, 2.24) is 5.32 Å². The number of amides is 1. The molecule has 94 valence electrons. The molecule has 0 aliphatic heterocycles. The number of nitrogens with one attached hydrogen (secondary N) is 1. The van der Waals surface area contributed by atoms with E-state index >= 15 is 0 Å². The summed E-state index contributed by atoms with van der Waals surface area (Å²) in [6.45, 7) is 4.58. The van der Waals surface area contributed by atoms with Gasteiger partial charge in [-0.25, -0.2) is 0 Å². The van der Waals surface area contributed by atoms with Gasteiger partial charge in [0, 0.05) is 12.4 Å². The largest absolute Gasteiger partial charge is 0.356 e. The van der Waals surface area contributed by atoms with Crippen LogP contribution in [0, 0.1) is 11.3 Å². The zero-order valence-electron chi connectivity index (χ0n) is 10.5. The Morgan fingerprint density at radius 1 is 1.31 bits per heavy atom. The summed E-state index contributed by atoms with van der Waals surface area (Å²) in [7, 11) is 0. The molecule has 0 saturated heterocycles. The van der Waals surface area contributed by atoms with E-state index in [0.29, 0.717) is 5.88 Å². The number of carbonyl (C=O) groups excluding carboxylic acids is 1. The van der Waals surface area contributed by atoms with Crippen LogP contribution in [0.2, 0.25) is 0 Å². The Kier molecular flexibility index (Phi) is 5.60. The van der Waals surface area contributed by atoms with Gasteiger partial charge in [0.25, 0.3) is 0 Å². The SMILES string of the molecule is CC(C)(CCl)C(=O)NCCC1CCCCC1. The highest BCUT2D eigenvalue weighted by molar-refractivity contribution is 6.19. The third-order valence-corrected chi connectivity index (χ3v) is 4.18. The van der Waals surface area contributed by atoms with E-state index in [1.54, 1.807) is 0 Å². The van der Waals surface area contributed by atoms with Gasteiger partial charge >= 0.3 is 0 Å². The first-order chi connectivity index (χ1) is 7.56. The lowest BCUT2D eigenvalue weighted by atomic mass is 9.87. The molecule has 1 amide bonds. The molecule has 0 aromatic rings. The highest BCUT2D eigenvalue weighted by Gasteiger charge is 2.26. The van der Waals surface area contributed by atoms with Crippen LogP contribution in [0.5, 0.6) is 0 Å². The topological polar surface area (TPSA) is 29.1 Å². The van der Waals surface area contributed by atoms with Gasteiger partial charge in [0.1, 0.15) is 0 Å². The number of rotatable bonds is 5. The van der Waals surface area contributed by atoms with Crippen molar-refractivity contribution < 1.29 is 4.79 Å². The van der Waals surface area contributed by atoms with E-state index in [4.69, 9.17) is 11.6 Å². The van der Waals surface area contributed by atoms with E-state index in [1.165, 1.54) is 32.1 Å². The van der Waals surface area contributed by atoms with E-state index in [9.17, 15) is 4.79 Å². The van der Waals surface area contributed by atoms with Crippen LogP contribution < -0.4 is 5.32 Å². The minimum absolute atomic E-state index is 0.0818. The van der Waals surface area contributed by atoms with Crippen molar-refractivity contribution in [3.05, 3.63) is 0 Å². The van der Waals surface area contributed by atoms with Gasteiger partial charge in [0.2, 0.25) is 5.91 Å². The van der Waals surface area contributed by atoms with Crippen molar-refractivity contribution in [2.75, 3.05) is 12.4 Å². The quantitative estimate of drug-likeness (QED) is 0.740. The van der Waals surface area contributed by atoms with Crippen molar-refractivity contribution in [1.29, 1.82) is 0 Å². The number of halogens is 1. The molecule has 0 unspecified atom stereocenters. The van der Waals surface area contributed by atoms with Gasteiger partial charge in [-0.05, 0) is 26.2 Å². The number of hydrogen-bond acceptors (Lipinski definition) is 1. The third kappa shape index (κ3) is 4.32. The van der Waals surface area contributed by atoms with Crippen LogP contribution >= 0.6 is 11.6 Å². The highest BCUT2D eigenvalue weighted by atomic mass is 35.5. The van der Waals surface area contributed by atoms with Crippen LogP contribution in [-0.4, -0.2) is 18.3 Å². The predicted molar refractivity (Wildman–Crippen MR) is 68.7 cm³/mol. The Morgan fingerprint density at radius 2 is 1.94 bits per heavy atom. The van der Waals surface area contributed by atoms with Crippen LogP contribution in [0.25, 0.3) is 0 Å². The molecule has 1 N–H and O–H groups in total. The standard InChI is InChI=1S/C13H24ClNO/c1-13(2,10-14)12(16)15-9-8-11-6-4-3-5-7-11/h11H,3-10H2,1-2H3,(H,15,16). The molecule has 0 radical (unpaired) electrons. The lowest BCUT2D eigenvalue weighted by Crippen LogP contribution is -2.39. The Labute approximate surface area is 104 Å². The fourth-order valence-corrected chi connectivity index (χ4v) is 2.29. The van der Waals surface area contributed by atoms with Crippen molar-refractivity contribution >= 4 is 17.5 Å². The second kappa shape index (κ2) is 6.48. The molecule has 1 aliphatic rings. The van der Waals surface area contributed by atoms with E-state index in [2.05, 4.69) is 5.32 Å². The second-order valence-corrected chi connectivity index (χ2v) is 5.83. The summed E-state index contributed by atoms with van der Waals surface area (Å²) in [6.07, 6.45) is 7.94. The summed E-state index contributed by atoms with van der Waals surface area (Å²) < 4.78 is 0. The molecule has 16 heavy (non-hydrogen) atoms. The number of alkyl halides is 1. The van der Waals surface area contributed by atoms with Crippen LogP contribution in [0.3, 0.4) is 0 Å². The minimum atomic E-state index is -0.436. The van der Waals surface area contributed by atoms with Gasteiger partial charge < -0.3 is 5.32 Å². The molecule has 0 aromatic heterocycles. The van der Waals surface area contributed by atoms with E-state index in [1.807, 2.05) is 13.8 Å². The molecule has 0 aromatic carbocycles. The second-order valence-electron chi connectivity index (χ2n) is 5.57. The summed E-state index contributed by atoms with van der Waals surface area (Å²) in [6, 6.07) is 0. The summed E-state index contributed by atoms with van der Waals surface area (Å²) in [5.74, 6) is 1.29. The summed E-state index contributed by atoms with van der Waals surface area (Å²) in [4.78, 5) is 11.7. The smallest absolute Gasteiger partial charge is 0.226 e. The van der Waals surface area contributed by atoms with Crippen molar-refractivity contribution in [3.8, 4) is 0 Å². The van der Waals surface area contributed by atoms with Crippen molar-refractivity contribution in [2.45, 2.75) is 52.4 Å². The normalized spacial score (nSPS) is 18.4. The van der Waals surface area contributed by atoms with Gasteiger partial charge in [-0.3, -0.25) is 4.79 Å². The van der Waals surface area contributed by atoms with Crippen LogP contribution in [0.4, 0.5) is 0 Å². The molecule has 1 saturated carbocycles. The zero-order chi connectivity index (χ0) is 12.0. The Balaban J connectivity index is 2.17. The summed E-state index contributed by atoms with van der Waals surface area (Å²) in [5, 5.41) is 3.00. The van der Waals surface area contributed by atoms with E-state index in [0.717, 1.165) is 18.9 Å². The first kappa shape index (κ1) is 13.8. The van der Waals surface area contributed by atoms with Crippen molar-refractivity contribution in [2.24, 2.45) is 11.3 Å². The number of hydrogen-bond donors (Lipinski definition) is 1. The Morgan fingerprint density at radius 3 is 2.50 bits per heavy atom. The average molecular weight is 246 g/mol. The Bertz CT molecular complexity index is 222. The number of carbonyl (C=O) groups is 1. The average Bonchev–Trinajstić information content (AvgIpc) is 2.30. The third-order valence-electron chi connectivity index (χ3n) is 3.51. The molecule has 0 bridgehead atoms.